The predicted octanol–water partition coefficient (Wildman–Crippen LogP) is 0.925. The van der Waals surface area contributed by atoms with E-state index in [4.69, 9.17) is 14.6 Å². The molecule has 0 amide bonds. The maximum Gasteiger partial charge on any atom is 0.171 e. The maximum absolute atomic E-state index is 9.07. The molecule has 1 aromatic heterocycles. The van der Waals surface area contributed by atoms with Crippen molar-refractivity contribution in [1.82, 2.24) is 4.98 Å². The molecule has 0 spiro atoms. The van der Waals surface area contributed by atoms with E-state index in [0.717, 1.165) is 11.6 Å². The molecule has 17 heavy (non-hydrogen) atoms. The van der Waals surface area contributed by atoms with E-state index >= 15 is 0 Å². The minimum atomic E-state index is 0.0753. The van der Waals surface area contributed by atoms with Crippen molar-refractivity contribution < 1.29 is 14.6 Å². The Morgan fingerprint density at radius 3 is 2.88 bits per heavy atom. The van der Waals surface area contributed by atoms with Crippen LogP contribution < -0.4 is 9.64 Å². The van der Waals surface area contributed by atoms with E-state index in [1.54, 1.807) is 13.3 Å². The van der Waals surface area contributed by atoms with Crippen LogP contribution in [0.5, 0.6) is 5.75 Å². The predicted molar refractivity (Wildman–Crippen MR) is 66.6 cm³/mol. The zero-order chi connectivity index (χ0) is 12.5. The van der Waals surface area contributed by atoms with Crippen molar-refractivity contribution >= 4 is 5.82 Å². The third-order valence-corrected chi connectivity index (χ3v) is 2.29. The average Bonchev–Trinajstić information content (AvgIpc) is 2.36. The minimum absolute atomic E-state index is 0.0753. The number of rotatable bonds is 8. The highest BCUT2D eigenvalue weighted by molar-refractivity contribution is 5.52. The first-order chi connectivity index (χ1) is 8.33. The van der Waals surface area contributed by atoms with Gasteiger partial charge in [-0.1, -0.05) is 0 Å². The fourth-order valence-electron chi connectivity index (χ4n) is 1.53. The molecule has 0 unspecified atom stereocenters. The van der Waals surface area contributed by atoms with E-state index in [0.29, 0.717) is 26.3 Å². The van der Waals surface area contributed by atoms with Crippen LogP contribution in [0.1, 0.15) is 6.92 Å². The maximum atomic E-state index is 9.07. The molecule has 0 saturated heterocycles. The SMILES string of the molecule is CCOc1cccnc1N(CCO)CCOC. The molecule has 1 N–H and O–H groups in total. The Morgan fingerprint density at radius 1 is 1.41 bits per heavy atom. The van der Waals surface area contributed by atoms with E-state index in [-0.39, 0.29) is 6.61 Å². The van der Waals surface area contributed by atoms with Crippen molar-refractivity contribution in [3.05, 3.63) is 18.3 Å². The molecule has 0 atom stereocenters. The highest BCUT2D eigenvalue weighted by Gasteiger charge is 2.12. The second-order valence-corrected chi connectivity index (χ2v) is 3.46. The molecule has 1 heterocycles. The number of aliphatic hydroxyl groups excluding tert-OH is 1. The van der Waals surface area contributed by atoms with E-state index in [1.807, 2.05) is 24.0 Å². The number of aromatic nitrogens is 1. The van der Waals surface area contributed by atoms with Crippen LogP contribution in [0.25, 0.3) is 0 Å². The van der Waals surface area contributed by atoms with Gasteiger partial charge in [0.05, 0.1) is 19.8 Å². The normalized spacial score (nSPS) is 10.3. The van der Waals surface area contributed by atoms with E-state index in [9.17, 15) is 0 Å². The summed E-state index contributed by atoms with van der Waals surface area (Å²) in [6, 6.07) is 3.71. The molecule has 0 radical (unpaired) electrons. The summed E-state index contributed by atoms with van der Waals surface area (Å²) in [4.78, 5) is 6.26. The van der Waals surface area contributed by atoms with Crippen LogP contribution in [-0.2, 0) is 4.74 Å². The Balaban J connectivity index is 2.83. The van der Waals surface area contributed by atoms with Crippen molar-refractivity contribution in [2.75, 3.05) is 44.9 Å². The number of anilines is 1. The van der Waals surface area contributed by atoms with Crippen LogP contribution in [-0.4, -0.2) is 50.1 Å². The van der Waals surface area contributed by atoms with Gasteiger partial charge in [0.1, 0.15) is 0 Å². The summed E-state index contributed by atoms with van der Waals surface area (Å²) >= 11 is 0. The summed E-state index contributed by atoms with van der Waals surface area (Å²) in [5.41, 5.74) is 0. The second-order valence-electron chi connectivity index (χ2n) is 3.46. The van der Waals surface area contributed by atoms with Crippen molar-refractivity contribution in [2.45, 2.75) is 6.92 Å². The number of pyridine rings is 1. The molecule has 0 aromatic carbocycles. The third-order valence-electron chi connectivity index (χ3n) is 2.29. The molecule has 0 bridgehead atoms. The standard InChI is InChI=1S/C12H20N2O3/c1-3-17-11-5-4-6-13-12(11)14(7-9-15)8-10-16-2/h4-6,15H,3,7-10H2,1-2H3. The molecule has 0 aliphatic heterocycles. The smallest absolute Gasteiger partial charge is 0.171 e. The second kappa shape index (κ2) is 7.86. The zero-order valence-corrected chi connectivity index (χ0v) is 10.4. The van der Waals surface area contributed by atoms with Gasteiger partial charge < -0.3 is 19.5 Å². The first-order valence-corrected chi connectivity index (χ1v) is 5.76. The first kappa shape index (κ1) is 13.7. The van der Waals surface area contributed by atoms with Gasteiger partial charge in [-0.05, 0) is 19.1 Å². The van der Waals surface area contributed by atoms with E-state index in [1.165, 1.54) is 0 Å². The summed E-state index contributed by atoms with van der Waals surface area (Å²) in [6.45, 7) is 4.38. The topological polar surface area (TPSA) is 54.8 Å². The molecule has 5 nitrogen and oxygen atoms in total. The summed E-state index contributed by atoms with van der Waals surface area (Å²) < 4.78 is 10.6. The van der Waals surface area contributed by atoms with Gasteiger partial charge in [-0.15, -0.1) is 0 Å². The van der Waals surface area contributed by atoms with Crippen LogP contribution >= 0.6 is 0 Å². The van der Waals surface area contributed by atoms with Crippen LogP contribution in [0.15, 0.2) is 18.3 Å². The Hall–Kier alpha value is -1.33. The molecule has 1 aromatic rings. The zero-order valence-electron chi connectivity index (χ0n) is 10.4. The minimum Gasteiger partial charge on any atom is -0.490 e. The Bertz CT molecular complexity index is 320. The Labute approximate surface area is 102 Å². The quantitative estimate of drug-likeness (QED) is 0.732. The van der Waals surface area contributed by atoms with Gasteiger partial charge >= 0.3 is 0 Å². The van der Waals surface area contributed by atoms with Crippen LogP contribution in [0.4, 0.5) is 5.82 Å². The Kier molecular flexibility index (Phi) is 6.35. The molecule has 0 fully saturated rings. The number of hydrogen-bond acceptors (Lipinski definition) is 5. The lowest BCUT2D eigenvalue weighted by atomic mass is 10.3. The number of aliphatic hydroxyl groups is 1. The monoisotopic (exact) mass is 240 g/mol. The average molecular weight is 240 g/mol. The lowest BCUT2D eigenvalue weighted by Crippen LogP contribution is -2.31. The lowest BCUT2D eigenvalue weighted by Gasteiger charge is -2.24. The molecular weight excluding hydrogens is 220 g/mol. The lowest BCUT2D eigenvalue weighted by molar-refractivity contribution is 0.202. The molecule has 1 rings (SSSR count). The van der Waals surface area contributed by atoms with E-state index in [2.05, 4.69) is 4.98 Å². The van der Waals surface area contributed by atoms with Crippen LogP contribution in [0.2, 0.25) is 0 Å². The van der Waals surface area contributed by atoms with Crippen LogP contribution in [0.3, 0.4) is 0 Å². The summed E-state index contributed by atoms with van der Waals surface area (Å²) in [7, 11) is 1.65. The number of hydrogen-bond donors (Lipinski definition) is 1. The molecule has 0 aliphatic rings. The molecule has 0 saturated carbocycles. The fraction of sp³-hybridized carbons (Fsp3) is 0.583. The van der Waals surface area contributed by atoms with Gasteiger partial charge in [0, 0.05) is 26.4 Å². The third kappa shape index (κ3) is 4.20. The van der Waals surface area contributed by atoms with Gasteiger partial charge in [0.2, 0.25) is 0 Å². The fourth-order valence-corrected chi connectivity index (χ4v) is 1.53. The van der Waals surface area contributed by atoms with Crippen molar-refractivity contribution in [3.63, 3.8) is 0 Å². The van der Waals surface area contributed by atoms with Crippen molar-refractivity contribution in [3.8, 4) is 5.75 Å². The van der Waals surface area contributed by atoms with Gasteiger partial charge in [-0.3, -0.25) is 0 Å². The highest BCUT2D eigenvalue weighted by Crippen LogP contribution is 2.24. The molecular formula is C12H20N2O3. The first-order valence-electron chi connectivity index (χ1n) is 5.76. The van der Waals surface area contributed by atoms with Gasteiger partial charge in [-0.25, -0.2) is 4.98 Å². The molecule has 5 heteroatoms. The highest BCUT2D eigenvalue weighted by atomic mass is 16.5. The van der Waals surface area contributed by atoms with E-state index < -0.39 is 0 Å². The number of ether oxygens (including phenoxy) is 2. The van der Waals surface area contributed by atoms with Crippen molar-refractivity contribution in [1.29, 1.82) is 0 Å². The van der Waals surface area contributed by atoms with Crippen molar-refractivity contribution in [2.24, 2.45) is 0 Å². The largest absolute Gasteiger partial charge is 0.490 e. The summed E-state index contributed by atoms with van der Waals surface area (Å²) in [5.74, 6) is 1.49. The molecule has 96 valence electrons. The number of methoxy groups -OCH3 is 1. The Morgan fingerprint density at radius 2 is 2.24 bits per heavy atom. The van der Waals surface area contributed by atoms with Gasteiger partial charge in [0.25, 0.3) is 0 Å². The van der Waals surface area contributed by atoms with Crippen LogP contribution in [0, 0.1) is 0 Å². The van der Waals surface area contributed by atoms with Gasteiger partial charge in [0.15, 0.2) is 11.6 Å². The summed E-state index contributed by atoms with van der Waals surface area (Å²) in [6.07, 6.45) is 1.72. The summed E-state index contributed by atoms with van der Waals surface area (Å²) in [5, 5.41) is 9.07. The van der Waals surface area contributed by atoms with Gasteiger partial charge in [-0.2, -0.15) is 0 Å². The number of nitrogens with zero attached hydrogens (tertiary/aromatic N) is 2. The molecule has 0 aliphatic carbocycles.